The zero-order valence-electron chi connectivity index (χ0n) is 8.56. The van der Waals surface area contributed by atoms with Crippen LogP contribution in [0.15, 0.2) is 18.2 Å². The van der Waals surface area contributed by atoms with Crippen LogP contribution < -0.4 is 0 Å². The number of rotatable bonds is 4. The third-order valence-corrected chi connectivity index (χ3v) is 2.80. The van der Waals surface area contributed by atoms with Crippen LogP contribution in [0.3, 0.4) is 0 Å². The molecule has 4 heteroatoms. The van der Waals surface area contributed by atoms with Crippen LogP contribution in [-0.2, 0) is 23.8 Å². The lowest BCUT2D eigenvalue weighted by Gasteiger charge is -2.05. The van der Waals surface area contributed by atoms with Crippen LogP contribution in [0.4, 0.5) is 0 Å². The summed E-state index contributed by atoms with van der Waals surface area (Å²) in [4.78, 5) is 10.8. The molecule has 0 aliphatic carbocycles. The van der Waals surface area contributed by atoms with E-state index in [1.165, 1.54) is 18.7 Å². The smallest absolute Gasteiger partial charge is 0.186 e. The molecule has 0 spiro atoms. The van der Waals surface area contributed by atoms with Crippen LogP contribution in [0, 0.1) is 0 Å². The first kappa shape index (κ1) is 12.2. The van der Waals surface area contributed by atoms with Crippen molar-refractivity contribution in [3.05, 3.63) is 34.9 Å². The van der Waals surface area contributed by atoms with Crippen LogP contribution >= 0.6 is 11.8 Å². The minimum absolute atomic E-state index is 0.0500. The van der Waals surface area contributed by atoms with E-state index in [4.69, 9.17) is 10.2 Å². The van der Waals surface area contributed by atoms with Gasteiger partial charge in [-0.25, -0.2) is 0 Å². The summed E-state index contributed by atoms with van der Waals surface area (Å²) in [7, 11) is 0. The van der Waals surface area contributed by atoms with Crippen molar-refractivity contribution >= 4 is 16.9 Å². The van der Waals surface area contributed by atoms with Gasteiger partial charge in [-0.05, 0) is 16.7 Å². The molecular weight excluding hydrogens is 212 g/mol. The van der Waals surface area contributed by atoms with Gasteiger partial charge in [0.15, 0.2) is 5.12 Å². The second kappa shape index (κ2) is 5.90. The van der Waals surface area contributed by atoms with Gasteiger partial charge in [-0.15, -0.1) is 0 Å². The Hall–Kier alpha value is -0.840. The van der Waals surface area contributed by atoms with Crippen LogP contribution in [0.2, 0.25) is 0 Å². The lowest BCUT2D eigenvalue weighted by molar-refractivity contribution is -0.109. The van der Waals surface area contributed by atoms with Gasteiger partial charge in [0.25, 0.3) is 0 Å². The molecule has 15 heavy (non-hydrogen) atoms. The Kier molecular flexibility index (Phi) is 4.81. The molecule has 0 aromatic heterocycles. The fourth-order valence-corrected chi connectivity index (χ4v) is 1.83. The number of aliphatic hydroxyl groups excluding tert-OH is 2. The van der Waals surface area contributed by atoms with Crippen LogP contribution in [0.1, 0.15) is 23.6 Å². The summed E-state index contributed by atoms with van der Waals surface area (Å²) in [6.07, 6.45) is 0. The highest BCUT2D eigenvalue weighted by Gasteiger charge is 2.02. The summed E-state index contributed by atoms with van der Waals surface area (Å²) in [6, 6.07) is 5.44. The Morgan fingerprint density at radius 3 is 2.00 bits per heavy atom. The van der Waals surface area contributed by atoms with Crippen molar-refractivity contribution in [2.45, 2.75) is 25.9 Å². The Morgan fingerprint density at radius 1 is 1.13 bits per heavy atom. The van der Waals surface area contributed by atoms with E-state index in [0.29, 0.717) is 5.75 Å². The minimum atomic E-state index is -0.0500. The van der Waals surface area contributed by atoms with Crippen LogP contribution in [0.5, 0.6) is 0 Å². The fraction of sp³-hybridized carbons (Fsp3) is 0.364. The average Bonchev–Trinajstić information content (AvgIpc) is 2.25. The summed E-state index contributed by atoms with van der Waals surface area (Å²) < 4.78 is 0. The zero-order chi connectivity index (χ0) is 11.3. The molecule has 0 fully saturated rings. The molecular formula is C11H14O3S. The van der Waals surface area contributed by atoms with Gasteiger partial charge in [0.1, 0.15) is 0 Å². The minimum Gasteiger partial charge on any atom is -0.392 e. The van der Waals surface area contributed by atoms with Crippen molar-refractivity contribution in [2.24, 2.45) is 0 Å². The number of hydrogen-bond donors (Lipinski definition) is 2. The standard InChI is InChI=1S/C11H14O3S/c1-8(14)15-7-11-3-9(5-12)2-10(4-11)6-13/h2-4,12-13H,5-7H2,1H3. The van der Waals surface area contributed by atoms with Gasteiger partial charge in [-0.1, -0.05) is 30.0 Å². The van der Waals surface area contributed by atoms with Gasteiger partial charge < -0.3 is 10.2 Å². The molecule has 0 saturated carbocycles. The molecule has 1 aromatic carbocycles. The van der Waals surface area contributed by atoms with E-state index in [1.807, 2.05) is 12.1 Å². The summed E-state index contributed by atoms with van der Waals surface area (Å²) in [5.74, 6) is 0.580. The predicted octanol–water partition coefficient (Wildman–Crippen LogP) is 1.45. The van der Waals surface area contributed by atoms with Crippen molar-refractivity contribution in [1.29, 1.82) is 0 Å². The molecule has 0 radical (unpaired) electrons. The van der Waals surface area contributed by atoms with Crippen molar-refractivity contribution in [3.63, 3.8) is 0 Å². The molecule has 1 aromatic rings. The second-order valence-electron chi connectivity index (χ2n) is 3.25. The molecule has 3 nitrogen and oxygen atoms in total. The monoisotopic (exact) mass is 226 g/mol. The predicted molar refractivity (Wildman–Crippen MR) is 60.3 cm³/mol. The Morgan fingerprint density at radius 2 is 1.60 bits per heavy atom. The molecule has 82 valence electrons. The number of benzene rings is 1. The number of carbonyl (C=O) groups is 1. The van der Waals surface area contributed by atoms with E-state index >= 15 is 0 Å². The Bertz CT molecular complexity index is 327. The maximum atomic E-state index is 10.8. The largest absolute Gasteiger partial charge is 0.392 e. The van der Waals surface area contributed by atoms with E-state index in [0.717, 1.165) is 16.7 Å². The SMILES string of the molecule is CC(=O)SCc1cc(CO)cc(CO)c1. The van der Waals surface area contributed by atoms with Gasteiger partial charge in [-0.2, -0.15) is 0 Å². The molecule has 0 saturated heterocycles. The first-order valence-corrected chi connectivity index (χ1v) is 5.61. The molecule has 0 aliphatic rings. The fourth-order valence-electron chi connectivity index (χ4n) is 1.29. The third kappa shape index (κ3) is 4.03. The highest BCUT2D eigenvalue weighted by molar-refractivity contribution is 8.12. The molecule has 0 heterocycles. The first-order chi connectivity index (χ1) is 7.15. The topological polar surface area (TPSA) is 57.5 Å². The molecule has 0 unspecified atom stereocenters. The van der Waals surface area contributed by atoms with Crippen molar-refractivity contribution < 1.29 is 15.0 Å². The molecule has 0 bridgehead atoms. The summed E-state index contributed by atoms with van der Waals surface area (Å²) in [6.45, 7) is 1.42. The molecule has 0 atom stereocenters. The summed E-state index contributed by atoms with van der Waals surface area (Å²) in [5, 5.41) is 18.1. The number of aliphatic hydroxyl groups is 2. The van der Waals surface area contributed by atoms with Gasteiger partial charge in [-0.3, -0.25) is 4.79 Å². The average molecular weight is 226 g/mol. The molecule has 2 N–H and O–H groups in total. The number of thioether (sulfide) groups is 1. The van der Waals surface area contributed by atoms with E-state index in [-0.39, 0.29) is 18.3 Å². The van der Waals surface area contributed by atoms with E-state index in [2.05, 4.69) is 0 Å². The van der Waals surface area contributed by atoms with Crippen molar-refractivity contribution in [1.82, 2.24) is 0 Å². The van der Waals surface area contributed by atoms with Crippen LogP contribution in [-0.4, -0.2) is 15.3 Å². The van der Waals surface area contributed by atoms with E-state index < -0.39 is 0 Å². The Balaban J connectivity index is 2.81. The molecule has 0 amide bonds. The number of hydrogen-bond acceptors (Lipinski definition) is 4. The first-order valence-electron chi connectivity index (χ1n) is 4.62. The third-order valence-electron chi connectivity index (χ3n) is 1.92. The van der Waals surface area contributed by atoms with Gasteiger partial charge >= 0.3 is 0 Å². The van der Waals surface area contributed by atoms with Gasteiger partial charge in [0.05, 0.1) is 13.2 Å². The Labute approximate surface area is 93.1 Å². The quantitative estimate of drug-likeness (QED) is 0.816. The normalized spacial score (nSPS) is 10.3. The highest BCUT2D eigenvalue weighted by atomic mass is 32.2. The maximum absolute atomic E-state index is 10.8. The van der Waals surface area contributed by atoms with Gasteiger partial charge in [0.2, 0.25) is 0 Å². The van der Waals surface area contributed by atoms with E-state index in [9.17, 15) is 4.79 Å². The van der Waals surface area contributed by atoms with Crippen molar-refractivity contribution in [2.75, 3.05) is 0 Å². The molecule has 0 aliphatic heterocycles. The van der Waals surface area contributed by atoms with Crippen molar-refractivity contribution in [3.8, 4) is 0 Å². The molecule has 1 rings (SSSR count). The zero-order valence-corrected chi connectivity index (χ0v) is 9.38. The number of carbonyl (C=O) groups excluding carboxylic acids is 1. The summed E-state index contributed by atoms with van der Waals surface area (Å²) >= 11 is 1.22. The van der Waals surface area contributed by atoms with E-state index in [1.54, 1.807) is 6.07 Å². The van der Waals surface area contributed by atoms with Gasteiger partial charge in [0, 0.05) is 12.7 Å². The lowest BCUT2D eigenvalue weighted by atomic mass is 10.1. The second-order valence-corrected chi connectivity index (χ2v) is 4.41. The maximum Gasteiger partial charge on any atom is 0.186 e. The summed E-state index contributed by atoms with van der Waals surface area (Å²) in [5.41, 5.74) is 2.48. The van der Waals surface area contributed by atoms with Crippen LogP contribution in [0.25, 0.3) is 0 Å². The highest BCUT2D eigenvalue weighted by Crippen LogP contribution is 2.17. The lowest BCUT2D eigenvalue weighted by Crippen LogP contribution is -1.94.